The predicted molar refractivity (Wildman–Crippen MR) is 111 cm³/mol. The minimum atomic E-state index is -4.63. The number of benzene rings is 1. The van der Waals surface area contributed by atoms with Crippen molar-refractivity contribution in [2.45, 2.75) is 25.2 Å². The van der Waals surface area contributed by atoms with E-state index in [2.05, 4.69) is 20.2 Å². The summed E-state index contributed by atoms with van der Waals surface area (Å²) in [5.41, 5.74) is -0.882. The van der Waals surface area contributed by atoms with E-state index in [0.29, 0.717) is 6.54 Å². The van der Waals surface area contributed by atoms with Crippen LogP contribution in [0.4, 0.5) is 32.0 Å². The average molecular weight is 473 g/mol. The molecule has 3 saturated heterocycles. The zero-order chi connectivity index (χ0) is 23.4. The summed E-state index contributed by atoms with van der Waals surface area (Å²) in [5.74, 6) is -2.21. The molecule has 3 fully saturated rings. The molecule has 1 aromatic heterocycles. The third kappa shape index (κ3) is 4.25. The lowest BCUT2D eigenvalue weighted by Gasteiger charge is -2.27. The van der Waals surface area contributed by atoms with Crippen LogP contribution in [0.5, 0.6) is 0 Å². The number of rotatable bonds is 3. The molecule has 0 bridgehead atoms. The van der Waals surface area contributed by atoms with Crippen LogP contribution in [0.3, 0.4) is 0 Å². The minimum absolute atomic E-state index is 0.0222. The fourth-order valence-electron chi connectivity index (χ4n) is 5.81. The van der Waals surface area contributed by atoms with Gasteiger partial charge >= 0.3 is 12.4 Å². The van der Waals surface area contributed by atoms with Crippen molar-refractivity contribution in [3.05, 3.63) is 30.1 Å². The van der Waals surface area contributed by atoms with Gasteiger partial charge < -0.3 is 15.1 Å². The number of fused-ring (bicyclic) bond motifs is 1. The Hall–Kier alpha value is -2.14. The van der Waals surface area contributed by atoms with Crippen molar-refractivity contribution in [3.63, 3.8) is 0 Å². The molecule has 3 atom stereocenters. The van der Waals surface area contributed by atoms with Gasteiger partial charge in [0.25, 0.3) is 0 Å². The molecule has 1 spiro atoms. The first kappa shape index (κ1) is 22.6. The molecule has 11 heteroatoms. The van der Waals surface area contributed by atoms with Gasteiger partial charge in [-0.15, -0.1) is 0 Å². The zero-order valence-electron chi connectivity index (χ0n) is 17.9. The summed E-state index contributed by atoms with van der Waals surface area (Å²) >= 11 is 0. The molecule has 2 aromatic rings. The zero-order valence-corrected chi connectivity index (χ0v) is 17.9. The molecule has 0 amide bonds. The first-order chi connectivity index (χ1) is 15.6. The summed E-state index contributed by atoms with van der Waals surface area (Å²) in [6, 6.07) is 2.12. The van der Waals surface area contributed by atoms with Crippen LogP contribution >= 0.6 is 0 Å². The van der Waals surface area contributed by atoms with Crippen LogP contribution in [0.2, 0.25) is 0 Å². The summed E-state index contributed by atoms with van der Waals surface area (Å²) < 4.78 is 82.2. The lowest BCUT2D eigenvalue weighted by atomic mass is 9.86. The molecule has 1 aromatic carbocycles. The number of likely N-dealkylation sites (tertiary alicyclic amines) is 1. The van der Waals surface area contributed by atoms with Crippen molar-refractivity contribution >= 4 is 16.7 Å². The van der Waals surface area contributed by atoms with E-state index in [1.165, 1.54) is 17.2 Å². The number of alkyl halides is 6. The maximum absolute atomic E-state index is 14.0. The standard InChI is InChI=1S/C22H25F6N5/c23-21(24,25)15-1-2-17(19-18(15)30-6-7-31-19)33-10-14(16(11-33)22(26,27)28)9-32-8-4-20(13-32)3-5-29-12-20/h1-2,6-7,14,16,29H,3-5,8-13H2. The summed E-state index contributed by atoms with van der Waals surface area (Å²) in [5, 5.41) is 3.36. The second-order valence-corrected chi connectivity index (χ2v) is 9.61. The Labute approximate surface area is 187 Å². The van der Waals surface area contributed by atoms with Crippen molar-refractivity contribution < 1.29 is 26.3 Å². The normalized spacial score (nSPS) is 29.1. The van der Waals surface area contributed by atoms with Crippen LogP contribution in [-0.4, -0.2) is 66.9 Å². The number of anilines is 1. The van der Waals surface area contributed by atoms with E-state index in [9.17, 15) is 26.3 Å². The number of nitrogens with one attached hydrogen (secondary N) is 1. The highest BCUT2D eigenvalue weighted by Gasteiger charge is 2.51. The average Bonchev–Trinajstić information content (AvgIpc) is 3.47. The molecule has 180 valence electrons. The van der Waals surface area contributed by atoms with Crippen molar-refractivity contribution in [1.29, 1.82) is 0 Å². The van der Waals surface area contributed by atoms with Gasteiger partial charge in [0.05, 0.1) is 17.2 Å². The second-order valence-electron chi connectivity index (χ2n) is 9.61. The molecule has 3 aliphatic heterocycles. The number of aromatic nitrogens is 2. The number of halogens is 6. The quantitative estimate of drug-likeness (QED) is 0.685. The molecular weight excluding hydrogens is 448 g/mol. The SMILES string of the molecule is FC(F)(F)c1ccc(N2CC(CN3CCC4(CCNC4)C3)C(C(F)(F)F)C2)c2nccnc12. The first-order valence-electron chi connectivity index (χ1n) is 11.1. The Balaban J connectivity index is 1.42. The van der Waals surface area contributed by atoms with Gasteiger partial charge in [0.15, 0.2) is 0 Å². The van der Waals surface area contributed by atoms with Crippen LogP contribution < -0.4 is 10.2 Å². The smallest absolute Gasteiger partial charge is 0.369 e. The minimum Gasteiger partial charge on any atom is -0.369 e. The van der Waals surface area contributed by atoms with E-state index < -0.39 is 29.8 Å². The summed E-state index contributed by atoms with van der Waals surface area (Å²) in [6.07, 6.45) is -4.58. The maximum atomic E-state index is 14.0. The third-order valence-corrected chi connectivity index (χ3v) is 7.45. The van der Waals surface area contributed by atoms with Crippen LogP contribution in [0, 0.1) is 17.3 Å². The number of hydrogen-bond acceptors (Lipinski definition) is 5. The van der Waals surface area contributed by atoms with Crippen LogP contribution in [0.25, 0.3) is 11.0 Å². The Bertz CT molecular complexity index is 1020. The summed E-state index contributed by atoms with van der Waals surface area (Å²) in [7, 11) is 0. The molecule has 5 nitrogen and oxygen atoms in total. The van der Waals surface area contributed by atoms with Crippen molar-refractivity contribution in [2.24, 2.45) is 17.3 Å². The highest BCUT2D eigenvalue weighted by Crippen LogP contribution is 2.44. The number of nitrogens with zero attached hydrogens (tertiary/aromatic N) is 4. The van der Waals surface area contributed by atoms with Gasteiger partial charge in [-0.25, -0.2) is 0 Å². The summed E-state index contributed by atoms with van der Waals surface area (Å²) in [6.45, 7) is 3.55. The molecule has 3 aliphatic rings. The van der Waals surface area contributed by atoms with E-state index in [-0.39, 0.29) is 35.2 Å². The Morgan fingerprint density at radius 2 is 1.76 bits per heavy atom. The largest absolute Gasteiger partial charge is 0.418 e. The lowest BCUT2D eigenvalue weighted by molar-refractivity contribution is -0.180. The van der Waals surface area contributed by atoms with Gasteiger partial charge in [0, 0.05) is 51.0 Å². The Kier molecular flexibility index (Phi) is 5.47. The molecule has 33 heavy (non-hydrogen) atoms. The second kappa shape index (κ2) is 7.97. The Morgan fingerprint density at radius 3 is 2.42 bits per heavy atom. The van der Waals surface area contributed by atoms with Gasteiger partial charge in [-0.3, -0.25) is 9.97 Å². The van der Waals surface area contributed by atoms with E-state index in [4.69, 9.17) is 0 Å². The van der Waals surface area contributed by atoms with Crippen LogP contribution in [-0.2, 0) is 6.18 Å². The topological polar surface area (TPSA) is 44.3 Å². The predicted octanol–water partition coefficient (Wildman–Crippen LogP) is 3.95. The molecule has 0 saturated carbocycles. The van der Waals surface area contributed by atoms with Crippen molar-refractivity contribution in [2.75, 3.05) is 50.7 Å². The molecule has 5 rings (SSSR count). The van der Waals surface area contributed by atoms with Crippen molar-refractivity contribution in [3.8, 4) is 0 Å². The van der Waals surface area contributed by atoms with E-state index in [0.717, 1.165) is 51.3 Å². The molecular formula is C22H25F6N5. The first-order valence-corrected chi connectivity index (χ1v) is 11.1. The van der Waals surface area contributed by atoms with Gasteiger partial charge in [-0.1, -0.05) is 0 Å². The van der Waals surface area contributed by atoms with Crippen molar-refractivity contribution in [1.82, 2.24) is 20.2 Å². The van der Waals surface area contributed by atoms with Crippen LogP contribution in [0.15, 0.2) is 24.5 Å². The fourth-order valence-corrected chi connectivity index (χ4v) is 5.81. The van der Waals surface area contributed by atoms with Gasteiger partial charge in [-0.2, -0.15) is 26.3 Å². The molecule has 0 radical (unpaired) electrons. The highest BCUT2D eigenvalue weighted by atomic mass is 19.4. The molecule has 1 N–H and O–H groups in total. The van der Waals surface area contributed by atoms with Gasteiger partial charge in [0.2, 0.25) is 0 Å². The Morgan fingerprint density at radius 1 is 1.00 bits per heavy atom. The highest BCUT2D eigenvalue weighted by molar-refractivity contribution is 5.91. The maximum Gasteiger partial charge on any atom is 0.418 e. The van der Waals surface area contributed by atoms with E-state index in [1.54, 1.807) is 0 Å². The van der Waals surface area contributed by atoms with Gasteiger partial charge in [-0.05, 0) is 43.5 Å². The lowest BCUT2D eigenvalue weighted by Crippen LogP contribution is -2.38. The van der Waals surface area contributed by atoms with Crippen LogP contribution in [0.1, 0.15) is 18.4 Å². The van der Waals surface area contributed by atoms with E-state index in [1.807, 2.05) is 0 Å². The van der Waals surface area contributed by atoms with Gasteiger partial charge in [0.1, 0.15) is 11.0 Å². The van der Waals surface area contributed by atoms with E-state index >= 15 is 0 Å². The molecule has 0 aliphatic carbocycles. The summed E-state index contributed by atoms with van der Waals surface area (Å²) in [4.78, 5) is 11.6. The molecule has 3 unspecified atom stereocenters. The molecule has 4 heterocycles. The fraction of sp³-hybridized carbons (Fsp3) is 0.636. The number of hydrogen-bond donors (Lipinski definition) is 1. The third-order valence-electron chi connectivity index (χ3n) is 7.45. The monoisotopic (exact) mass is 473 g/mol.